The lowest BCUT2D eigenvalue weighted by molar-refractivity contribution is -0.119. The minimum atomic E-state index is -4.06. The number of fused-ring (bicyclic) bond motifs is 2. The van der Waals surface area contributed by atoms with Gasteiger partial charge in [0, 0.05) is 10.6 Å². The Balaban J connectivity index is 1.47. The van der Waals surface area contributed by atoms with Crippen molar-refractivity contribution in [3.8, 4) is 0 Å². The van der Waals surface area contributed by atoms with Gasteiger partial charge in [-0.2, -0.15) is 5.10 Å². The third kappa shape index (κ3) is 4.98. The third-order valence-corrected chi connectivity index (χ3v) is 8.51. The van der Waals surface area contributed by atoms with Crippen molar-refractivity contribution in [2.45, 2.75) is 11.8 Å². The maximum absolute atomic E-state index is 13.6. The number of hydrogen-bond acceptors (Lipinski definition) is 4. The van der Waals surface area contributed by atoms with E-state index in [4.69, 9.17) is 11.6 Å². The van der Waals surface area contributed by atoms with Crippen LogP contribution in [0.4, 0.5) is 5.69 Å². The van der Waals surface area contributed by atoms with Gasteiger partial charge in [-0.25, -0.2) is 13.8 Å². The zero-order valence-electron chi connectivity index (χ0n) is 20.5. The Morgan fingerprint density at radius 2 is 1.47 bits per heavy atom. The van der Waals surface area contributed by atoms with Crippen molar-refractivity contribution in [3.05, 3.63) is 119 Å². The van der Waals surface area contributed by atoms with Gasteiger partial charge in [0.15, 0.2) is 0 Å². The lowest BCUT2D eigenvalue weighted by atomic mass is 9.97. The minimum absolute atomic E-state index is 0.0675. The van der Waals surface area contributed by atoms with Crippen LogP contribution in [0.1, 0.15) is 11.1 Å². The molecule has 38 heavy (non-hydrogen) atoms. The summed E-state index contributed by atoms with van der Waals surface area (Å²) >= 11 is 6.29. The Morgan fingerprint density at radius 1 is 0.868 bits per heavy atom. The minimum Gasteiger partial charge on any atom is -0.271 e. The zero-order chi connectivity index (χ0) is 26.7. The first-order valence-electron chi connectivity index (χ1n) is 11.9. The molecule has 0 saturated heterocycles. The quantitative estimate of drug-likeness (QED) is 0.149. The SMILES string of the molecule is Cc1c(Cl)cccc1N(CC(=O)N/N=C\c1c2ccccc2cc2ccccc12)S(=O)(=O)c1ccccc1. The number of carbonyl (C=O) groups is 1. The second-order valence-corrected chi connectivity index (χ2v) is 11.0. The lowest BCUT2D eigenvalue weighted by Gasteiger charge is -2.25. The number of hydrogen-bond donors (Lipinski definition) is 1. The van der Waals surface area contributed by atoms with E-state index in [2.05, 4.69) is 16.6 Å². The highest BCUT2D eigenvalue weighted by molar-refractivity contribution is 7.92. The molecule has 5 aromatic rings. The molecule has 0 atom stereocenters. The molecule has 0 aromatic heterocycles. The number of rotatable bonds is 7. The Kier molecular flexibility index (Phi) is 7.13. The molecule has 0 radical (unpaired) electrons. The molecule has 0 spiro atoms. The van der Waals surface area contributed by atoms with Gasteiger partial charge in [-0.15, -0.1) is 0 Å². The predicted molar refractivity (Wildman–Crippen MR) is 154 cm³/mol. The smallest absolute Gasteiger partial charge is 0.264 e. The van der Waals surface area contributed by atoms with E-state index in [0.29, 0.717) is 16.3 Å². The standard InChI is InChI=1S/C30H24ClN3O3S/c1-21-28(31)16-9-17-29(21)34(38(36,37)24-12-3-2-4-13-24)20-30(35)33-32-19-27-25-14-7-5-10-22(25)18-23-11-6-8-15-26(23)27/h2-19H,20H2,1H3,(H,33,35)/b32-19-. The van der Waals surface area contributed by atoms with Crippen LogP contribution >= 0.6 is 11.6 Å². The number of carbonyl (C=O) groups excluding carboxylic acids is 1. The first kappa shape index (κ1) is 25.4. The summed E-state index contributed by atoms with van der Waals surface area (Å²) in [5.41, 5.74) is 4.24. The van der Waals surface area contributed by atoms with Crippen LogP contribution in [0.15, 0.2) is 113 Å². The Morgan fingerprint density at radius 3 is 2.13 bits per heavy atom. The molecule has 0 unspecified atom stereocenters. The van der Waals surface area contributed by atoms with Crippen LogP contribution in [-0.2, 0) is 14.8 Å². The molecule has 8 heteroatoms. The summed E-state index contributed by atoms with van der Waals surface area (Å²) in [6, 6.07) is 30.9. The fourth-order valence-corrected chi connectivity index (χ4v) is 6.08. The fraction of sp³-hybridized carbons (Fsp3) is 0.0667. The average Bonchev–Trinajstić information content (AvgIpc) is 2.93. The van der Waals surface area contributed by atoms with E-state index in [1.807, 2.05) is 48.5 Å². The van der Waals surface area contributed by atoms with E-state index in [9.17, 15) is 13.2 Å². The first-order chi connectivity index (χ1) is 18.4. The van der Waals surface area contributed by atoms with Gasteiger partial charge < -0.3 is 0 Å². The molecule has 0 aliphatic heterocycles. The van der Waals surface area contributed by atoms with Crippen LogP contribution < -0.4 is 9.73 Å². The Labute approximate surface area is 226 Å². The van der Waals surface area contributed by atoms with Gasteiger partial charge in [0.2, 0.25) is 0 Å². The number of benzene rings is 5. The maximum atomic E-state index is 13.6. The van der Waals surface area contributed by atoms with Gasteiger partial charge in [-0.3, -0.25) is 9.10 Å². The molecule has 0 aliphatic carbocycles. The van der Waals surface area contributed by atoms with Gasteiger partial charge in [0.1, 0.15) is 6.54 Å². The third-order valence-electron chi connectivity index (χ3n) is 6.32. The molecule has 6 nitrogen and oxygen atoms in total. The number of halogens is 1. The van der Waals surface area contributed by atoms with Crippen LogP contribution in [0.3, 0.4) is 0 Å². The molecule has 0 bridgehead atoms. The molecule has 0 fully saturated rings. The Hall–Kier alpha value is -4.20. The summed E-state index contributed by atoms with van der Waals surface area (Å²) < 4.78 is 28.2. The largest absolute Gasteiger partial charge is 0.271 e. The van der Waals surface area contributed by atoms with Crippen LogP contribution in [0, 0.1) is 6.92 Å². The van der Waals surface area contributed by atoms with E-state index >= 15 is 0 Å². The molecular weight excluding hydrogens is 518 g/mol. The molecule has 1 amide bonds. The molecule has 0 heterocycles. The number of hydrazone groups is 1. The van der Waals surface area contributed by atoms with Crippen molar-refractivity contribution in [2.75, 3.05) is 10.8 Å². The second kappa shape index (κ2) is 10.7. The summed E-state index contributed by atoms with van der Waals surface area (Å²) in [7, 11) is -4.06. The normalized spacial score (nSPS) is 11.7. The van der Waals surface area contributed by atoms with Crippen molar-refractivity contribution < 1.29 is 13.2 Å². The molecule has 5 rings (SSSR count). The van der Waals surface area contributed by atoms with E-state index in [1.54, 1.807) is 49.5 Å². The molecule has 190 valence electrons. The molecule has 1 N–H and O–H groups in total. The molecule has 0 saturated carbocycles. The van der Waals surface area contributed by atoms with E-state index < -0.39 is 22.5 Å². The summed E-state index contributed by atoms with van der Waals surface area (Å²) in [6.07, 6.45) is 1.60. The van der Waals surface area contributed by atoms with Gasteiger partial charge >= 0.3 is 0 Å². The van der Waals surface area contributed by atoms with Crippen molar-refractivity contribution in [1.29, 1.82) is 0 Å². The maximum Gasteiger partial charge on any atom is 0.264 e. The van der Waals surface area contributed by atoms with Crippen molar-refractivity contribution in [1.82, 2.24) is 5.43 Å². The van der Waals surface area contributed by atoms with Crippen molar-refractivity contribution in [2.24, 2.45) is 5.10 Å². The van der Waals surface area contributed by atoms with E-state index in [-0.39, 0.29) is 4.90 Å². The van der Waals surface area contributed by atoms with E-state index in [0.717, 1.165) is 31.4 Å². The number of amides is 1. The highest BCUT2D eigenvalue weighted by Crippen LogP contribution is 2.31. The number of sulfonamides is 1. The van der Waals surface area contributed by atoms with Crippen LogP contribution in [0.25, 0.3) is 21.5 Å². The van der Waals surface area contributed by atoms with Gasteiger partial charge in [-0.1, -0.05) is 84.4 Å². The monoisotopic (exact) mass is 541 g/mol. The molecular formula is C30H24ClN3O3S. The summed E-state index contributed by atoms with van der Waals surface area (Å²) in [6.45, 7) is 1.24. The van der Waals surface area contributed by atoms with Gasteiger partial charge in [0.05, 0.1) is 16.8 Å². The predicted octanol–water partition coefficient (Wildman–Crippen LogP) is 6.30. The fourth-order valence-electron chi connectivity index (χ4n) is 4.41. The van der Waals surface area contributed by atoms with Crippen LogP contribution in [0.5, 0.6) is 0 Å². The summed E-state index contributed by atoms with van der Waals surface area (Å²) in [5, 5.41) is 8.70. The number of nitrogens with one attached hydrogen (secondary N) is 1. The lowest BCUT2D eigenvalue weighted by Crippen LogP contribution is -2.40. The summed E-state index contributed by atoms with van der Waals surface area (Å²) in [4.78, 5) is 13.1. The number of nitrogens with zero attached hydrogens (tertiary/aromatic N) is 2. The zero-order valence-corrected chi connectivity index (χ0v) is 22.1. The topological polar surface area (TPSA) is 78.8 Å². The van der Waals surface area contributed by atoms with Gasteiger partial charge in [-0.05, 0) is 64.4 Å². The Bertz CT molecular complexity index is 1730. The van der Waals surface area contributed by atoms with Crippen molar-refractivity contribution in [3.63, 3.8) is 0 Å². The average molecular weight is 542 g/mol. The van der Waals surface area contributed by atoms with Crippen LogP contribution in [0.2, 0.25) is 5.02 Å². The van der Waals surface area contributed by atoms with E-state index in [1.165, 1.54) is 12.1 Å². The molecule has 5 aromatic carbocycles. The molecule has 0 aliphatic rings. The highest BCUT2D eigenvalue weighted by Gasteiger charge is 2.28. The summed E-state index contributed by atoms with van der Waals surface area (Å²) in [5.74, 6) is -0.593. The second-order valence-electron chi connectivity index (χ2n) is 8.73. The van der Waals surface area contributed by atoms with Gasteiger partial charge in [0.25, 0.3) is 15.9 Å². The van der Waals surface area contributed by atoms with Crippen molar-refractivity contribution >= 4 is 61.0 Å². The number of anilines is 1. The first-order valence-corrected chi connectivity index (χ1v) is 13.7. The van der Waals surface area contributed by atoms with Crippen LogP contribution in [-0.4, -0.2) is 27.1 Å². The highest BCUT2D eigenvalue weighted by atomic mass is 35.5.